The Labute approximate surface area is 115 Å². The lowest BCUT2D eigenvalue weighted by molar-refractivity contribution is 0.395. The summed E-state index contributed by atoms with van der Waals surface area (Å²) >= 11 is 0. The normalized spacial score (nSPS) is 13.2. The number of nitrogens with one attached hydrogen (secondary N) is 1. The molecule has 19 heavy (non-hydrogen) atoms. The highest BCUT2D eigenvalue weighted by Gasteiger charge is 2.15. The van der Waals surface area contributed by atoms with Crippen LogP contribution in [0.15, 0.2) is 24.3 Å². The van der Waals surface area contributed by atoms with Crippen LogP contribution in [0.2, 0.25) is 0 Å². The molecule has 0 fully saturated rings. The maximum atomic E-state index is 11.5. The van der Waals surface area contributed by atoms with Crippen molar-refractivity contribution < 1.29 is 13.2 Å². The number of sulfone groups is 1. The Morgan fingerprint density at radius 1 is 1.37 bits per heavy atom. The summed E-state index contributed by atoms with van der Waals surface area (Å²) in [5, 5.41) is 0. The standard InChI is InChI=1S/C13H22N2O3S/c1-3-19(16,17)10-6-8-12(15-14)11-7-4-5-9-13(11)18-2/h4-5,7,9,12,15H,3,6,8,10,14H2,1-2H3. The first-order chi connectivity index (χ1) is 9.04. The Kier molecular flexibility index (Phi) is 6.27. The third kappa shape index (κ3) is 4.81. The number of benzene rings is 1. The molecule has 0 bridgehead atoms. The van der Waals surface area contributed by atoms with Crippen molar-refractivity contribution in [3.63, 3.8) is 0 Å². The van der Waals surface area contributed by atoms with E-state index in [1.807, 2.05) is 24.3 Å². The highest BCUT2D eigenvalue weighted by Crippen LogP contribution is 2.27. The van der Waals surface area contributed by atoms with E-state index in [9.17, 15) is 8.42 Å². The van der Waals surface area contributed by atoms with Crippen molar-refractivity contribution in [2.24, 2.45) is 5.84 Å². The van der Waals surface area contributed by atoms with Gasteiger partial charge in [-0.1, -0.05) is 25.1 Å². The quantitative estimate of drug-likeness (QED) is 0.558. The fourth-order valence-electron chi connectivity index (χ4n) is 1.93. The van der Waals surface area contributed by atoms with Gasteiger partial charge in [0, 0.05) is 17.4 Å². The maximum absolute atomic E-state index is 11.5. The van der Waals surface area contributed by atoms with Crippen molar-refractivity contribution in [1.29, 1.82) is 0 Å². The molecule has 0 radical (unpaired) electrons. The summed E-state index contributed by atoms with van der Waals surface area (Å²) in [6, 6.07) is 7.48. The molecule has 0 spiro atoms. The second kappa shape index (κ2) is 7.47. The van der Waals surface area contributed by atoms with E-state index < -0.39 is 9.84 Å². The Morgan fingerprint density at radius 2 is 2.05 bits per heavy atom. The molecule has 0 saturated heterocycles. The molecule has 0 aliphatic carbocycles. The van der Waals surface area contributed by atoms with Gasteiger partial charge in [0.05, 0.1) is 12.9 Å². The van der Waals surface area contributed by atoms with Crippen LogP contribution in [0.1, 0.15) is 31.4 Å². The Morgan fingerprint density at radius 3 is 2.63 bits per heavy atom. The van der Waals surface area contributed by atoms with Gasteiger partial charge in [0.1, 0.15) is 15.6 Å². The number of ether oxygens (including phenoxy) is 1. The number of para-hydroxylation sites is 1. The minimum atomic E-state index is -2.92. The number of hydrazine groups is 1. The van der Waals surface area contributed by atoms with Crippen LogP contribution in [0, 0.1) is 0 Å². The number of hydrogen-bond acceptors (Lipinski definition) is 5. The van der Waals surface area contributed by atoms with Crippen LogP contribution in [0.4, 0.5) is 0 Å². The van der Waals surface area contributed by atoms with Gasteiger partial charge < -0.3 is 4.74 Å². The van der Waals surface area contributed by atoms with E-state index in [2.05, 4.69) is 5.43 Å². The first-order valence-corrected chi connectivity index (χ1v) is 8.15. The van der Waals surface area contributed by atoms with E-state index >= 15 is 0 Å². The number of methoxy groups -OCH3 is 1. The van der Waals surface area contributed by atoms with E-state index in [0.717, 1.165) is 11.3 Å². The van der Waals surface area contributed by atoms with Gasteiger partial charge in [-0.05, 0) is 18.9 Å². The largest absolute Gasteiger partial charge is 0.496 e. The molecule has 0 heterocycles. The van der Waals surface area contributed by atoms with E-state index in [4.69, 9.17) is 10.6 Å². The molecular formula is C13H22N2O3S. The van der Waals surface area contributed by atoms with Gasteiger partial charge in [-0.3, -0.25) is 11.3 Å². The Hall–Kier alpha value is -1.11. The molecule has 1 atom stereocenters. The molecule has 0 aromatic heterocycles. The van der Waals surface area contributed by atoms with E-state index in [1.54, 1.807) is 14.0 Å². The molecule has 1 aromatic carbocycles. The van der Waals surface area contributed by atoms with Gasteiger partial charge in [0.15, 0.2) is 0 Å². The van der Waals surface area contributed by atoms with Gasteiger partial charge in [-0.15, -0.1) is 0 Å². The van der Waals surface area contributed by atoms with Crippen molar-refractivity contribution in [2.75, 3.05) is 18.6 Å². The molecule has 0 aliphatic rings. The minimum absolute atomic E-state index is 0.108. The first-order valence-electron chi connectivity index (χ1n) is 6.33. The molecule has 3 N–H and O–H groups in total. The van der Waals surface area contributed by atoms with Crippen molar-refractivity contribution in [1.82, 2.24) is 5.43 Å². The third-order valence-electron chi connectivity index (χ3n) is 3.10. The third-order valence-corrected chi connectivity index (χ3v) is 4.89. The van der Waals surface area contributed by atoms with Crippen molar-refractivity contribution in [3.8, 4) is 5.75 Å². The summed E-state index contributed by atoms with van der Waals surface area (Å²) in [6.45, 7) is 1.66. The minimum Gasteiger partial charge on any atom is -0.496 e. The van der Waals surface area contributed by atoms with Crippen LogP contribution in [0.25, 0.3) is 0 Å². The van der Waals surface area contributed by atoms with Crippen molar-refractivity contribution >= 4 is 9.84 Å². The SMILES string of the molecule is CCS(=O)(=O)CCCC(NN)c1ccccc1OC. The zero-order valence-electron chi connectivity index (χ0n) is 11.4. The van der Waals surface area contributed by atoms with Gasteiger partial charge in [0.25, 0.3) is 0 Å². The zero-order chi connectivity index (χ0) is 14.3. The zero-order valence-corrected chi connectivity index (χ0v) is 12.2. The average molecular weight is 286 g/mol. The molecule has 0 saturated carbocycles. The average Bonchev–Trinajstić information content (AvgIpc) is 2.43. The van der Waals surface area contributed by atoms with Gasteiger partial charge in [-0.25, -0.2) is 8.42 Å². The smallest absolute Gasteiger partial charge is 0.150 e. The van der Waals surface area contributed by atoms with Crippen LogP contribution in [0.3, 0.4) is 0 Å². The van der Waals surface area contributed by atoms with Crippen LogP contribution < -0.4 is 16.0 Å². The first kappa shape index (κ1) is 15.9. The summed E-state index contributed by atoms with van der Waals surface area (Å²) in [6.07, 6.45) is 1.22. The summed E-state index contributed by atoms with van der Waals surface area (Å²) in [5.41, 5.74) is 3.67. The Balaban J connectivity index is 2.68. The van der Waals surface area contributed by atoms with Gasteiger partial charge >= 0.3 is 0 Å². The predicted octanol–water partition coefficient (Wildman–Crippen LogP) is 1.41. The van der Waals surface area contributed by atoms with E-state index in [1.165, 1.54) is 0 Å². The number of rotatable bonds is 8. The Bertz CT molecular complexity index is 488. The predicted molar refractivity (Wildman–Crippen MR) is 76.6 cm³/mol. The van der Waals surface area contributed by atoms with Gasteiger partial charge in [0.2, 0.25) is 0 Å². The van der Waals surface area contributed by atoms with Crippen molar-refractivity contribution in [2.45, 2.75) is 25.8 Å². The van der Waals surface area contributed by atoms with E-state index in [0.29, 0.717) is 12.8 Å². The molecule has 1 unspecified atom stereocenters. The number of hydrogen-bond donors (Lipinski definition) is 2. The fraction of sp³-hybridized carbons (Fsp3) is 0.538. The second-order valence-corrected chi connectivity index (χ2v) is 6.81. The van der Waals surface area contributed by atoms with Crippen LogP contribution in [-0.2, 0) is 9.84 Å². The molecule has 5 nitrogen and oxygen atoms in total. The highest BCUT2D eigenvalue weighted by atomic mass is 32.2. The summed E-state index contributed by atoms with van der Waals surface area (Å²) in [7, 11) is -1.32. The highest BCUT2D eigenvalue weighted by molar-refractivity contribution is 7.91. The molecule has 1 aromatic rings. The fourth-order valence-corrected chi connectivity index (χ4v) is 2.83. The summed E-state index contributed by atoms with van der Waals surface area (Å²) < 4.78 is 28.2. The van der Waals surface area contributed by atoms with Gasteiger partial charge in [-0.2, -0.15) is 0 Å². The lowest BCUT2D eigenvalue weighted by atomic mass is 10.0. The maximum Gasteiger partial charge on any atom is 0.150 e. The lowest BCUT2D eigenvalue weighted by Crippen LogP contribution is -2.28. The molecule has 1 rings (SSSR count). The molecule has 0 amide bonds. The topological polar surface area (TPSA) is 81.4 Å². The van der Waals surface area contributed by atoms with Crippen LogP contribution in [0.5, 0.6) is 5.75 Å². The van der Waals surface area contributed by atoms with Crippen LogP contribution >= 0.6 is 0 Å². The summed E-state index contributed by atoms with van der Waals surface area (Å²) in [4.78, 5) is 0. The lowest BCUT2D eigenvalue weighted by Gasteiger charge is -2.18. The monoisotopic (exact) mass is 286 g/mol. The van der Waals surface area contributed by atoms with Crippen LogP contribution in [-0.4, -0.2) is 27.0 Å². The molecule has 108 valence electrons. The molecular weight excluding hydrogens is 264 g/mol. The molecule has 0 aliphatic heterocycles. The second-order valence-electron chi connectivity index (χ2n) is 4.34. The summed E-state index contributed by atoms with van der Waals surface area (Å²) in [5.74, 6) is 6.68. The molecule has 6 heteroatoms. The van der Waals surface area contributed by atoms with E-state index in [-0.39, 0.29) is 17.5 Å². The van der Waals surface area contributed by atoms with Crippen molar-refractivity contribution in [3.05, 3.63) is 29.8 Å². The number of nitrogens with two attached hydrogens (primary N) is 1.